The number of halogens is 1. The van der Waals surface area contributed by atoms with Gasteiger partial charge in [0.05, 0.1) is 23.2 Å². The molecule has 0 fully saturated rings. The lowest BCUT2D eigenvalue weighted by molar-refractivity contribution is 0.103. The molecule has 1 aromatic carbocycles. The van der Waals surface area contributed by atoms with E-state index in [1.165, 1.54) is 0 Å². The molecule has 1 rings (SSSR count). The maximum atomic E-state index is 9.32. The SMILES string of the molecule is CC(CO)(CO)NCc1ccc(O)c(Br)c1. The van der Waals surface area contributed by atoms with Crippen molar-refractivity contribution in [3.8, 4) is 5.75 Å². The van der Waals surface area contributed by atoms with Crippen LogP contribution in [0.25, 0.3) is 0 Å². The highest BCUT2D eigenvalue weighted by molar-refractivity contribution is 9.10. The second kappa shape index (κ2) is 5.63. The van der Waals surface area contributed by atoms with Crippen LogP contribution in [0.1, 0.15) is 12.5 Å². The first-order valence-corrected chi connectivity index (χ1v) is 5.74. The van der Waals surface area contributed by atoms with Crippen molar-refractivity contribution < 1.29 is 15.3 Å². The van der Waals surface area contributed by atoms with Crippen molar-refractivity contribution >= 4 is 15.9 Å². The molecule has 4 nitrogen and oxygen atoms in total. The highest BCUT2D eigenvalue weighted by Gasteiger charge is 2.21. The molecule has 0 saturated carbocycles. The van der Waals surface area contributed by atoms with Gasteiger partial charge in [0.15, 0.2) is 0 Å². The average molecular weight is 290 g/mol. The smallest absolute Gasteiger partial charge is 0.129 e. The van der Waals surface area contributed by atoms with Crippen molar-refractivity contribution in [2.45, 2.75) is 19.0 Å². The van der Waals surface area contributed by atoms with E-state index in [0.29, 0.717) is 11.0 Å². The van der Waals surface area contributed by atoms with Crippen molar-refractivity contribution in [3.63, 3.8) is 0 Å². The Morgan fingerprint density at radius 2 is 1.94 bits per heavy atom. The maximum Gasteiger partial charge on any atom is 0.129 e. The largest absolute Gasteiger partial charge is 0.507 e. The minimum atomic E-state index is -0.690. The monoisotopic (exact) mass is 289 g/mol. The summed E-state index contributed by atoms with van der Waals surface area (Å²) in [6.45, 7) is 1.98. The van der Waals surface area contributed by atoms with Gasteiger partial charge in [-0.05, 0) is 40.5 Å². The van der Waals surface area contributed by atoms with Crippen molar-refractivity contribution in [2.75, 3.05) is 13.2 Å². The Hall–Kier alpha value is -0.620. The Morgan fingerprint density at radius 3 is 2.44 bits per heavy atom. The van der Waals surface area contributed by atoms with Crippen LogP contribution in [0, 0.1) is 0 Å². The standard InChI is InChI=1S/C11H16BrNO3/c1-11(6-14,7-15)13-5-8-2-3-10(16)9(12)4-8/h2-4,13-16H,5-7H2,1H3. The first-order chi connectivity index (χ1) is 7.50. The van der Waals surface area contributed by atoms with E-state index in [9.17, 15) is 5.11 Å². The third-order valence-corrected chi connectivity index (χ3v) is 3.06. The first kappa shape index (κ1) is 13.4. The maximum absolute atomic E-state index is 9.32. The molecule has 0 aliphatic rings. The van der Waals surface area contributed by atoms with E-state index in [0.717, 1.165) is 5.56 Å². The normalized spacial score (nSPS) is 11.8. The van der Waals surface area contributed by atoms with E-state index in [4.69, 9.17) is 10.2 Å². The van der Waals surface area contributed by atoms with Gasteiger partial charge in [0, 0.05) is 6.54 Å². The number of benzene rings is 1. The van der Waals surface area contributed by atoms with E-state index in [-0.39, 0.29) is 19.0 Å². The van der Waals surface area contributed by atoms with Crippen LogP contribution in [0.4, 0.5) is 0 Å². The summed E-state index contributed by atoms with van der Waals surface area (Å²) < 4.78 is 0.626. The van der Waals surface area contributed by atoms with E-state index in [2.05, 4.69) is 21.2 Å². The summed E-state index contributed by atoms with van der Waals surface area (Å²) in [7, 11) is 0. The van der Waals surface area contributed by atoms with Gasteiger partial charge in [-0.15, -0.1) is 0 Å². The average Bonchev–Trinajstić information content (AvgIpc) is 2.30. The van der Waals surface area contributed by atoms with Crippen LogP contribution in [-0.4, -0.2) is 34.1 Å². The molecular weight excluding hydrogens is 274 g/mol. The Kier molecular flexibility index (Phi) is 4.73. The molecule has 4 N–H and O–H groups in total. The van der Waals surface area contributed by atoms with Crippen LogP contribution in [0.2, 0.25) is 0 Å². The number of hydrogen-bond donors (Lipinski definition) is 4. The summed E-state index contributed by atoms with van der Waals surface area (Å²) in [5.74, 6) is 0.191. The van der Waals surface area contributed by atoms with E-state index in [1.807, 2.05) is 0 Å². The summed E-state index contributed by atoms with van der Waals surface area (Å²) in [6.07, 6.45) is 0. The van der Waals surface area contributed by atoms with Gasteiger partial charge in [-0.3, -0.25) is 0 Å². The van der Waals surface area contributed by atoms with Gasteiger partial charge in [-0.2, -0.15) is 0 Å². The number of phenolic OH excluding ortho intramolecular Hbond substituents is 1. The molecule has 0 aliphatic carbocycles. The Labute approximate surface area is 103 Å². The summed E-state index contributed by atoms with van der Waals surface area (Å²) in [6, 6.07) is 5.16. The number of aliphatic hydroxyl groups excluding tert-OH is 2. The molecule has 0 unspecified atom stereocenters. The van der Waals surface area contributed by atoms with Crippen molar-refractivity contribution in [1.29, 1.82) is 0 Å². The molecule has 0 heterocycles. The molecule has 90 valence electrons. The molecule has 16 heavy (non-hydrogen) atoms. The van der Waals surface area contributed by atoms with Gasteiger partial charge in [-0.25, -0.2) is 0 Å². The van der Waals surface area contributed by atoms with Crippen LogP contribution in [0.3, 0.4) is 0 Å². The molecule has 0 aromatic heterocycles. The van der Waals surface area contributed by atoms with Gasteiger partial charge in [0.25, 0.3) is 0 Å². The lowest BCUT2D eigenvalue weighted by atomic mass is 10.0. The predicted octanol–water partition coefficient (Wildman–Crippen LogP) is 0.988. The number of hydrogen-bond acceptors (Lipinski definition) is 4. The zero-order valence-electron chi connectivity index (χ0n) is 9.07. The molecule has 0 amide bonds. The van der Waals surface area contributed by atoms with Crippen LogP contribution in [0.5, 0.6) is 5.75 Å². The lowest BCUT2D eigenvalue weighted by Crippen LogP contribution is -2.48. The fourth-order valence-corrected chi connectivity index (χ4v) is 1.56. The molecule has 0 atom stereocenters. The van der Waals surface area contributed by atoms with Crippen LogP contribution in [-0.2, 0) is 6.54 Å². The zero-order chi connectivity index (χ0) is 12.2. The fourth-order valence-electron chi connectivity index (χ4n) is 1.14. The van der Waals surface area contributed by atoms with Crippen molar-refractivity contribution in [3.05, 3.63) is 28.2 Å². The number of nitrogens with one attached hydrogen (secondary N) is 1. The third kappa shape index (κ3) is 3.45. The second-order valence-corrected chi connectivity index (χ2v) is 4.87. The Bertz CT molecular complexity index is 353. The van der Waals surface area contributed by atoms with Crippen LogP contribution in [0.15, 0.2) is 22.7 Å². The van der Waals surface area contributed by atoms with Crippen LogP contribution >= 0.6 is 15.9 Å². The van der Waals surface area contributed by atoms with Gasteiger partial charge >= 0.3 is 0 Å². The molecule has 0 radical (unpaired) electrons. The second-order valence-electron chi connectivity index (χ2n) is 4.02. The van der Waals surface area contributed by atoms with Gasteiger partial charge in [0.1, 0.15) is 5.75 Å². The van der Waals surface area contributed by atoms with Gasteiger partial charge in [0.2, 0.25) is 0 Å². The quantitative estimate of drug-likeness (QED) is 0.652. The molecular formula is C11H16BrNO3. The molecule has 0 spiro atoms. The van der Waals surface area contributed by atoms with Gasteiger partial charge in [-0.1, -0.05) is 6.07 Å². The minimum absolute atomic E-state index is 0.136. The van der Waals surface area contributed by atoms with Crippen molar-refractivity contribution in [1.82, 2.24) is 5.32 Å². The number of aromatic hydroxyl groups is 1. The summed E-state index contributed by atoms with van der Waals surface area (Å²) in [4.78, 5) is 0. The van der Waals surface area contributed by atoms with E-state index in [1.54, 1.807) is 25.1 Å². The van der Waals surface area contributed by atoms with E-state index >= 15 is 0 Å². The fraction of sp³-hybridized carbons (Fsp3) is 0.455. The third-order valence-electron chi connectivity index (χ3n) is 2.43. The highest BCUT2D eigenvalue weighted by Crippen LogP contribution is 2.24. The molecule has 0 bridgehead atoms. The molecule has 1 aromatic rings. The minimum Gasteiger partial charge on any atom is -0.507 e. The Balaban J connectivity index is 2.64. The van der Waals surface area contributed by atoms with E-state index < -0.39 is 5.54 Å². The molecule has 0 saturated heterocycles. The number of aliphatic hydroxyl groups is 2. The van der Waals surface area contributed by atoms with Crippen LogP contribution < -0.4 is 5.32 Å². The first-order valence-electron chi connectivity index (χ1n) is 4.95. The predicted molar refractivity (Wildman–Crippen MR) is 65.2 cm³/mol. The number of rotatable bonds is 5. The topological polar surface area (TPSA) is 72.7 Å². The number of phenols is 1. The Morgan fingerprint density at radius 1 is 1.31 bits per heavy atom. The molecule has 5 heteroatoms. The van der Waals surface area contributed by atoms with Crippen molar-refractivity contribution in [2.24, 2.45) is 0 Å². The molecule has 0 aliphatic heterocycles. The summed E-state index contributed by atoms with van der Waals surface area (Å²) in [5, 5.41) is 30.6. The summed E-state index contributed by atoms with van der Waals surface area (Å²) >= 11 is 3.22. The summed E-state index contributed by atoms with van der Waals surface area (Å²) in [5.41, 5.74) is 0.266. The highest BCUT2D eigenvalue weighted by atomic mass is 79.9. The lowest BCUT2D eigenvalue weighted by Gasteiger charge is -2.26. The zero-order valence-corrected chi connectivity index (χ0v) is 10.7. The van der Waals surface area contributed by atoms with Gasteiger partial charge < -0.3 is 20.6 Å².